The van der Waals surface area contributed by atoms with Crippen LogP contribution in [0, 0.1) is 21.7 Å². The van der Waals surface area contributed by atoms with E-state index in [4.69, 9.17) is 5.11 Å². The zero-order valence-electron chi connectivity index (χ0n) is 9.65. The number of amides is 1. The normalized spacial score (nSPS) is 13.1. The summed E-state index contributed by atoms with van der Waals surface area (Å²) in [5.74, 6) is -12.3. The number of non-ortho nitro benzene ring substituents is 1. The Morgan fingerprint density at radius 3 is 2.40 bits per heavy atom. The largest absolute Gasteiger partial charge is 0.390 e. The highest BCUT2D eigenvalue weighted by atomic mass is 19.3. The zero-order valence-corrected chi connectivity index (χ0v) is 9.65. The fourth-order valence-electron chi connectivity index (χ4n) is 1.59. The molecule has 1 aromatic rings. The van der Waals surface area contributed by atoms with Gasteiger partial charge in [-0.1, -0.05) is 0 Å². The number of nitro benzene ring substituents is 1. The van der Waals surface area contributed by atoms with Crippen molar-refractivity contribution in [3.8, 4) is 0 Å². The van der Waals surface area contributed by atoms with Crippen molar-refractivity contribution in [2.45, 2.75) is 11.8 Å². The number of benzene rings is 1. The summed E-state index contributed by atoms with van der Waals surface area (Å²) in [6, 6.07) is 0.450. The van der Waals surface area contributed by atoms with Gasteiger partial charge in [0.2, 0.25) is 5.91 Å². The number of carbonyl (C=O) groups excluding carboxylic acids is 1. The number of primary amides is 1. The number of hydrogen-bond acceptors (Lipinski definition) is 4. The summed E-state index contributed by atoms with van der Waals surface area (Å²) in [4.78, 5) is 20.4. The van der Waals surface area contributed by atoms with Crippen LogP contribution in [0.1, 0.15) is 11.5 Å². The number of nitrogens with zero attached hydrogens (tertiary/aromatic N) is 1. The van der Waals surface area contributed by atoms with E-state index in [1.54, 1.807) is 0 Å². The summed E-state index contributed by atoms with van der Waals surface area (Å²) in [5.41, 5.74) is 2.37. The smallest absolute Gasteiger partial charge is 0.286 e. The van der Waals surface area contributed by atoms with Crippen LogP contribution in [0.5, 0.6) is 0 Å². The van der Waals surface area contributed by atoms with Crippen LogP contribution in [-0.2, 0) is 4.79 Å². The van der Waals surface area contributed by atoms with Gasteiger partial charge < -0.3 is 10.8 Å². The average Bonchev–Trinajstić information content (AvgIpc) is 2.33. The molecule has 110 valence electrons. The standard InChI is InChI=1S/C10H8F4N2O4/c11-6-2-4(16(19)20)1-5(8(6)12)7(9(15)18)10(13,14)3-17/h1-2,7,17H,3H2,(H2,15,18). The Labute approximate surface area is 109 Å². The molecule has 0 aromatic heterocycles. The molecule has 0 aliphatic rings. The molecule has 0 aliphatic heterocycles. The van der Waals surface area contributed by atoms with Crippen LogP contribution >= 0.6 is 0 Å². The van der Waals surface area contributed by atoms with Gasteiger partial charge in [-0.05, 0) is 0 Å². The minimum atomic E-state index is -4.20. The monoisotopic (exact) mass is 296 g/mol. The Hall–Kier alpha value is -2.23. The molecule has 0 saturated heterocycles. The van der Waals surface area contributed by atoms with Crippen LogP contribution in [0.3, 0.4) is 0 Å². The van der Waals surface area contributed by atoms with E-state index >= 15 is 0 Å². The van der Waals surface area contributed by atoms with Gasteiger partial charge in [0.05, 0.1) is 11.0 Å². The van der Waals surface area contributed by atoms with Crippen LogP contribution in [0.25, 0.3) is 0 Å². The lowest BCUT2D eigenvalue weighted by atomic mass is 9.91. The number of rotatable bonds is 5. The van der Waals surface area contributed by atoms with E-state index < -0.39 is 52.2 Å². The Morgan fingerprint density at radius 2 is 2.00 bits per heavy atom. The van der Waals surface area contributed by atoms with E-state index in [-0.39, 0.29) is 12.1 Å². The van der Waals surface area contributed by atoms with Crippen molar-refractivity contribution in [1.82, 2.24) is 0 Å². The van der Waals surface area contributed by atoms with Crippen molar-refractivity contribution in [2.24, 2.45) is 5.73 Å². The van der Waals surface area contributed by atoms with Gasteiger partial charge in [-0.2, -0.15) is 0 Å². The fourth-order valence-corrected chi connectivity index (χ4v) is 1.59. The van der Waals surface area contributed by atoms with Crippen LogP contribution in [0.15, 0.2) is 12.1 Å². The maximum atomic E-state index is 13.5. The number of hydrogen-bond donors (Lipinski definition) is 2. The number of aliphatic hydroxyl groups excluding tert-OH is 1. The van der Waals surface area contributed by atoms with E-state index in [2.05, 4.69) is 5.73 Å². The van der Waals surface area contributed by atoms with Gasteiger partial charge >= 0.3 is 0 Å². The highest BCUT2D eigenvalue weighted by Crippen LogP contribution is 2.36. The summed E-state index contributed by atoms with van der Waals surface area (Å²) in [7, 11) is 0. The molecular formula is C10H8F4N2O4. The second kappa shape index (κ2) is 5.41. The summed E-state index contributed by atoms with van der Waals surface area (Å²) >= 11 is 0. The number of nitrogens with two attached hydrogens (primary N) is 1. The maximum absolute atomic E-state index is 13.5. The second-order valence-corrected chi connectivity index (χ2v) is 3.84. The molecule has 6 nitrogen and oxygen atoms in total. The predicted octanol–water partition coefficient (Wildman–Crippen LogP) is 1.07. The van der Waals surface area contributed by atoms with E-state index in [0.29, 0.717) is 0 Å². The number of alkyl halides is 2. The van der Waals surface area contributed by atoms with E-state index in [1.165, 1.54) is 0 Å². The molecule has 0 radical (unpaired) electrons. The van der Waals surface area contributed by atoms with Crippen LogP contribution in [0.2, 0.25) is 0 Å². The molecule has 1 rings (SSSR count). The molecule has 1 atom stereocenters. The van der Waals surface area contributed by atoms with E-state index in [1.807, 2.05) is 0 Å². The third-order valence-corrected chi connectivity index (χ3v) is 2.48. The van der Waals surface area contributed by atoms with Crippen LogP contribution in [-0.4, -0.2) is 28.5 Å². The molecule has 3 N–H and O–H groups in total. The molecule has 0 spiro atoms. The lowest BCUT2D eigenvalue weighted by Gasteiger charge is -2.23. The van der Waals surface area contributed by atoms with Crippen molar-refractivity contribution < 1.29 is 32.4 Å². The first kappa shape index (κ1) is 15.8. The van der Waals surface area contributed by atoms with Crippen molar-refractivity contribution in [2.75, 3.05) is 6.61 Å². The lowest BCUT2D eigenvalue weighted by molar-refractivity contribution is -0.385. The number of nitro groups is 1. The van der Waals surface area contributed by atoms with Gasteiger partial charge in [0.1, 0.15) is 12.5 Å². The summed E-state index contributed by atoms with van der Waals surface area (Å²) < 4.78 is 53.5. The molecule has 0 saturated carbocycles. The van der Waals surface area contributed by atoms with Gasteiger partial charge in [-0.25, -0.2) is 17.6 Å². The molecule has 0 bridgehead atoms. The predicted molar refractivity (Wildman–Crippen MR) is 57.0 cm³/mol. The van der Waals surface area contributed by atoms with Crippen molar-refractivity contribution in [3.05, 3.63) is 39.4 Å². The third kappa shape index (κ3) is 2.85. The Bertz CT molecular complexity index is 564. The molecule has 1 amide bonds. The van der Waals surface area contributed by atoms with Gasteiger partial charge in [0.25, 0.3) is 11.6 Å². The van der Waals surface area contributed by atoms with E-state index in [9.17, 15) is 32.5 Å². The highest BCUT2D eigenvalue weighted by molar-refractivity contribution is 5.83. The summed E-state index contributed by atoms with van der Waals surface area (Å²) in [6.45, 7) is -1.87. The number of carbonyl (C=O) groups is 1. The third-order valence-electron chi connectivity index (χ3n) is 2.48. The molecule has 1 unspecified atom stereocenters. The second-order valence-electron chi connectivity index (χ2n) is 3.84. The summed E-state index contributed by atoms with van der Waals surface area (Å²) in [6.07, 6.45) is 0. The molecular weight excluding hydrogens is 288 g/mol. The zero-order chi connectivity index (χ0) is 15.7. The van der Waals surface area contributed by atoms with Crippen molar-refractivity contribution >= 4 is 11.6 Å². The molecule has 0 aliphatic carbocycles. The van der Waals surface area contributed by atoms with Gasteiger partial charge in [-0.15, -0.1) is 0 Å². The highest BCUT2D eigenvalue weighted by Gasteiger charge is 2.46. The van der Waals surface area contributed by atoms with E-state index in [0.717, 1.165) is 0 Å². The van der Waals surface area contributed by atoms with Crippen molar-refractivity contribution in [1.29, 1.82) is 0 Å². The molecule has 20 heavy (non-hydrogen) atoms. The van der Waals surface area contributed by atoms with Gasteiger partial charge in [0.15, 0.2) is 11.6 Å². The number of aliphatic hydroxyl groups is 1. The van der Waals surface area contributed by atoms with Crippen LogP contribution < -0.4 is 5.73 Å². The Balaban J connectivity index is 3.56. The SMILES string of the molecule is NC(=O)C(c1cc([N+](=O)[O-])cc(F)c1F)C(F)(F)CO. The Morgan fingerprint density at radius 1 is 1.45 bits per heavy atom. The lowest BCUT2D eigenvalue weighted by Crippen LogP contribution is -2.40. The van der Waals surface area contributed by atoms with Crippen LogP contribution in [0.4, 0.5) is 23.2 Å². The first-order chi connectivity index (χ1) is 9.11. The molecule has 0 heterocycles. The molecule has 1 aromatic carbocycles. The average molecular weight is 296 g/mol. The first-order valence-corrected chi connectivity index (χ1v) is 5.03. The molecule has 10 heteroatoms. The fraction of sp³-hybridized carbons (Fsp3) is 0.300. The first-order valence-electron chi connectivity index (χ1n) is 5.03. The van der Waals surface area contributed by atoms with Gasteiger partial charge in [-0.3, -0.25) is 14.9 Å². The molecule has 0 fully saturated rings. The maximum Gasteiger partial charge on any atom is 0.286 e. The minimum absolute atomic E-state index is 0.175. The number of halogens is 4. The minimum Gasteiger partial charge on any atom is -0.390 e. The van der Waals surface area contributed by atoms with Gasteiger partial charge in [0, 0.05) is 11.6 Å². The Kier molecular flexibility index (Phi) is 4.28. The van der Waals surface area contributed by atoms with Crippen molar-refractivity contribution in [3.63, 3.8) is 0 Å². The quantitative estimate of drug-likeness (QED) is 0.481. The summed E-state index contributed by atoms with van der Waals surface area (Å²) in [5, 5.41) is 19.0. The topological polar surface area (TPSA) is 106 Å².